The van der Waals surface area contributed by atoms with Crippen LogP contribution in [0.4, 0.5) is 0 Å². The predicted octanol–water partition coefficient (Wildman–Crippen LogP) is 1.61. The number of H-pyrrole nitrogens is 1. The van der Waals surface area contributed by atoms with Crippen molar-refractivity contribution in [1.82, 2.24) is 4.98 Å². The van der Waals surface area contributed by atoms with E-state index in [1.54, 1.807) is 24.4 Å². The van der Waals surface area contributed by atoms with Crippen LogP contribution in [0.3, 0.4) is 0 Å². The van der Waals surface area contributed by atoms with Crippen molar-refractivity contribution in [3.63, 3.8) is 0 Å². The minimum atomic E-state index is -0.882. The maximum Gasteiger partial charge on any atom is 0.307 e. The second kappa shape index (κ2) is 3.57. The van der Waals surface area contributed by atoms with Crippen LogP contribution in [-0.2, 0) is 11.2 Å². The van der Waals surface area contributed by atoms with Gasteiger partial charge in [-0.3, -0.25) is 9.59 Å². The fourth-order valence-corrected chi connectivity index (χ4v) is 1.58. The number of carboxylic acid groups (broad SMARTS) is 1. The molecule has 0 unspecified atom stereocenters. The Morgan fingerprint density at radius 1 is 1.47 bits per heavy atom. The molecule has 0 bridgehead atoms. The molecule has 1 aromatic heterocycles. The molecule has 2 aromatic rings. The van der Waals surface area contributed by atoms with Crippen molar-refractivity contribution >= 4 is 23.2 Å². The topological polar surface area (TPSA) is 70.2 Å². The minimum Gasteiger partial charge on any atom is -0.481 e. The summed E-state index contributed by atoms with van der Waals surface area (Å²) < 4.78 is 0. The molecule has 0 saturated carbocycles. The highest BCUT2D eigenvalue weighted by atomic mass is 16.4. The lowest BCUT2D eigenvalue weighted by molar-refractivity contribution is -0.136. The van der Waals surface area contributed by atoms with Crippen LogP contribution in [0.25, 0.3) is 10.9 Å². The number of nitrogens with one attached hydrogen (secondary N) is 1. The van der Waals surface area contributed by atoms with Gasteiger partial charge in [0.1, 0.15) is 6.29 Å². The lowest BCUT2D eigenvalue weighted by Crippen LogP contribution is -1.98. The number of rotatable bonds is 3. The molecule has 4 nitrogen and oxygen atoms in total. The van der Waals surface area contributed by atoms with E-state index in [9.17, 15) is 9.59 Å². The first-order valence-electron chi connectivity index (χ1n) is 4.47. The van der Waals surface area contributed by atoms with E-state index in [2.05, 4.69) is 4.98 Å². The Morgan fingerprint density at radius 2 is 2.27 bits per heavy atom. The van der Waals surface area contributed by atoms with Crippen LogP contribution in [0, 0.1) is 0 Å². The van der Waals surface area contributed by atoms with Crippen molar-refractivity contribution in [2.24, 2.45) is 0 Å². The summed E-state index contributed by atoms with van der Waals surface area (Å²) in [5, 5.41) is 9.48. The van der Waals surface area contributed by atoms with E-state index in [4.69, 9.17) is 5.11 Å². The molecule has 0 amide bonds. The fraction of sp³-hybridized carbons (Fsp3) is 0.0909. The molecule has 4 heteroatoms. The second-order valence-electron chi connectivity index (χ2n) is 3.31. The summed E-state index contributed by atoms with van der Waals surface area (Å²) in [6.45, 7) is 0. The zero-order chi connectivity index (χ0) is 10.8. The predicted molar refractivity (Wildman–Crippen MR) is 55.0 cm³/mol. The third-order valence-corrected chi connectivity index (χ3v) is 2.27. The van der Waals surface area contributed by atoms with Crippen molar-refractivity contribution in [1.29, 1.82) is 0 Å². The van der Waals surface area contributed by atoms with Crippen LogP contribution in [-0.4, -0.2) is 22.3 Å². The molecule has 0 aliphatic carbocycles. The van der Waals surface area contributed by atoms with Gasteiger partial charge in [0.2, 0.25) is 0 Å². The summed E-state index contributed by atoms with van der Waals surface area (Å²) in [4.78, 5) is 24.1. The van der Waals surface area contributed by atoms with E-state index in [-0.39, 0.29) is 6.42 Å². The number of aliphatic carboxylic acids is 1. The lowest BCUT2D eigenvalue weighted by atomic mass is 10.1. The van der Waals surface area contributed by atoms with Crippen molar-refractivity contribution < 1.29 is 14.7 Å². The van der Waals surface area contributed by atoms with Crippen molar-refractivity contribution in [2.45, 2.75) is 6.42 Å². The third-order valence-electron chi connectivity index (χ3n) is 2.27. The fourth-order valence-electron chi connectivity index (χ4n) is 1.58. The van der Waals surface area contributed by atoms with Gasteiger partial charge in [-0.25, -0.2) is 0 Å². The molecule has 2 N–H and O–H groups in total. The first-order valence-corrected chi connectivity index (χ1v) is 4.47. The normalized spacial score (nSPS) is 10.4. The molecular formula is C11H9NO3. The molecule has 0 aliphatic heterocycles. The van der Waals surface area contributed by atoms with Gasteiger partial charge in [0, 0.05) is 22.7 Å². The van der Waals surface area contributed by atoms with Crippen LogP contribution in [0.15, 0.2) is 24.4 Å². The number of aromatic nitrogens is 1. The Balaban J connectivity index is 2.55. The van der Waals surface area contributed by atoms with Crippen molar-refractivity contribution in [2.75, 3.05) is 0 Å². The van der Waals surface area contributed by atoms with Gasteiger partial charge in [-0.05, 0) is 23.8 Å². The number of carbonyl (C=O) groups is 2. The Morgan fingerprint density at radius 3 is 2.93 bits per heavy atom. The summed E-state index contributed by atoms with van der Waals surface area (Å²) in [6.07, 6.45) is 2.37. The Hall–Kier alpha value is -2.10. The SMILES string of the molecule is O=Cc1ccc2[nH]cc(CC(=O)O)c2c1. The first kappa shape index (κ1) is 9.45. The number of fused-ring (bicyclic) bond motifs is 1. The number of hydrogen-bond donors (Lipinski definition) is 2. The molecule has 1 aromatic carbocycles. The lowest BCUT2D eigenvalue weighted by Gasteiger charge is -1.95. The maximum atomic E-state index is 10.6. The van der Waals surface area contributed by atoms with E-state index in [0.29, 0.717) is 11.1 Å². The zero-order valence-corrected chi connectivity index (χ0v) is 7.86. The molecule has 76 valence electrons. The molecule has 2 rings (SSSR count). The van der Waals surface area contributed by atoms with Crippen LogP contribution < -0.4 is 0 Å². The summed E-state index contributed by atoms with van der Waals surface area (Å²) in [7, 11) is 0. The largest absolute Gasteiger partial charge is 0.481 e. The molecule has 0 radical (unpaired) electrons. The van der Waals surface area contributed by atoms with Gasteiger partial charge in [0.05, 0.1) is 6.42 Å². The summed E-state index contributed by atoms with van der Waals surface area (Å²) in [5.41, 5.74) is 2.09. The molecule has 0 atom stereocenters. The van der Waals surface area contributed by atoms with Gasteiger partial charge >= 0.3 is 5.97 Å². The highest BCUT2D eigenvalue weighted by Gasteiger charge is 2.07. The van der Waals surface area contributed by atoms with Gasteiger partial charge in [-0.15, -0.1) is 0 Å². The quantitative estimate of drug-likeness (QED) is 0.744. The van der Waals surface area contributed by atoms with Gasteiger partial charge in [0.25, 0.3) is 0 Å². The van der Waals surface area contributed by atoms with Crippen LogP contribution in [0.1, 0.15) is 15.9 Å². The number of benzene rings is 1. The van der Waals surface area contributed by atoms with Crippen LogP contribution in [0.5, 0.6) is 0 Å². The van der Waals surface area contributed by atoms with Crippen LogP contribution in [0.2, 0.25) is 0 Å². The number of carbonyl (C=O) groups excluding carboxylic acids is 1. The van der Waals surface area contributed by atoms with E-state index in [1.807, 2.05) is 0 Å². The standard InChI is InChI=1S/C11H9NO3/c13-6-7-1-2-10-9(3-7)8(5-12-10)4-11(14)15/h1-3,5-6,12H,4H2,(H,14,15). The van der Waals surface area contributed by atoms with E-state index >= 15 is 0 Å². The van der Waals surface area contributed by atoms with Gasteiger partial charge in [-0.2, -0.15) is 0 Å². The third kappa shape index (κ3) is 1.74. The van der Waals surface area contributed by atoms with Gasteiger partial charge in [0.15, 0.2) is 0 Å². The van der Waals surface area contributed by atoms with Gasteiger partial charge in [-0.1, -0.05) is 0 Å². The highest BCUT2D eigenvalue weighted by Crippen LogP contribution is 2.19. The number of carboxylic acids is 1. The Labute approximate surface area is 85.5 Å². The summed E-state index contributed by atoms with van der Waals surface area (Å²) in [6, 6.07) is 5.15. The molecule has 0 aliphatic rings. The van der Waals surface area contributed by atoms with Crippen molar-refractivity contribution in [3.8, 4) is 0 Å². The maximum absolute atomic E-state index is 10.6. The highest BCUT2D eigenvalue weighted by molar-refractivity contribution is 5.91. The first-order chi connectivity index (χ1) is 7.20. The number of aldehydes is 1. The summed E-state index contributed by atoms with van der Waals surface area (Å²) in [5.74, 6) is -0.882. The van der Waals surface area contributed by atoms with Crippen LogP contribution >= 0.6 is 0 Å². The molecule has 0 fully saturated rings. The smallest absolute Gasteiger partial charge is 0.307 e. The number of hydrogen-bond acceptors (Lipinski definition) is 2. The average Bonchev–Trinajstić information content (AvgIpc) is 2.60. The zero-order valence-electron chi connectivity index (χ0n) is 7.86. The molecular weight excluding hydrogens is 194 g/mol. The van der Waals surface area contributed by atoms with Gasteiger partial charge < -0.3 is 10.1 Å². The number of aromatic amines is 1. The minimum absolute atomic E-state index is 0.0394. The Kier molecular flexibility index (Phi) is 2.25. The van der Waals surface area contributed by atoms with E-state index in [0.717, 1.165) is 17.2 Å². The average molecular weight is 203 g/mol. The molecule has 15 heavy (non-hydrogen) atoms. The van der Waals surface area contributed by atoms with Crippen molar-refractivity contribution in [3.05, 3.63) is 35.5 Å². The Bertz CT molecular complexity index is 528. The molecule has 1 heterocycles. The van der Waals surface area contributed by atoms with E-state index < -0.39 is 5.97 Å². The second-order valence-corrected chi connectivity index (χ2v) is 3.31. The summed E-state index contributed by atoms with van der Waals surface area (Å²) >= 11 is 0. The van der Waals surface area contributed by atoms with E-state index in [1.165, 1.54) is 0 Å². The molecule has 0 saturated heterocycles. The monoisotopic (exact) mass is 203 g/mol. The molecule has 0 spiro atoms.